The number of rotatable bonds is 7. The molecule has 3 nitrogen and oxygen atoms in total. The van der Waals surface area contributed by atoms with E-state index in [4.69, 9.17) is 0 Å². The van der Waals surface area contributed by atoms with Gasteiger partial charge in [-0.1, -0.05) is 66.7 Å². The molecule has 2 atom stereocenters. The lowest BCUT2D eigenvalue weighted by atomic mass is 9.69. The van der Waals surface area contributed by atoms with Crippen LogP contribution in [0.2, 0.25) is 0 Å². The number of amides is 1. The van der Waals surface area contributed by atoms with Crippen LogP contribution in [0.25, 0.3) is 11.1 Å². The van der Waals surface area contributed by atoms with Crippen molar-refractivity contribution < 1.29 is 14.3 Å². The fourth-order valence-electron chi connectivity index (χ4n) is 4.94. The van der Waals surface area contributed by atoms with Crippen LogP contribution in [0.1, 0.15) is 49.8 Å². The van der Waals surface area contributed by atoms with Crippen molar-refractivity contribution in [3.05, 3.63) is 95.8 Å². The van der Waals surface area contributed by atoms with Crippen molar-refractivity contribution in [1.82, 2.24) is 4.90 Å². The van der Waals surface area contributed by atoms with Gasteiger partial charge in [0.15, 0.2) is 0 Å². The number of nitrogens with zero attached hydrogens (tertiary/aromatic N) is 1. The lowest BCUT2D eigenvalue weighted by Gasteiger charge is -2.44. The van der Waals surface area contributed by atoms with Crippen molar-refractivity contribution in [2.24, 2.45) is 0 Å². The van der Waals surface area contributed by atoms with Crippen LogP contribution >= 0.6 is 0 Å². The van der Waals surface area contributed by atoms with Gasteiger partial charge >= 0.3 is 0 Å². The zero-order valence-electron chi connectivity index (χ0n) is 18.5. The number of hydrogen-bond acceptors (Lipinski definition) is 2. The van der Waals surface area contributed by atoms with E-state index in [0.717, 1.165) is 29.5 Å². The highest BCUT2D eigenvalue weighted by molar-refractivity contribution is 5.79. The van der Waals surface area contributed by atoms with E-state index in [0.29, 0.717) is 19.4 Å². The fourth-order valence-corrected chi connectivity index (χ4v) is 4.94. The van der Waals surface area contributed by atoms with E-state index in [9.17, 15) is 14.3 Å². The van der Waals surface area contributed by atoms with Gasteiger partial charge in [-0.2, -0.15) is 0 Å². The summed E-state index contributed by atoms with van der Waals surface area (Å²) in [5.41, 5.74) is 4.07. The van der Waals surface area contributed by atoms with Crippen LogP contribution in [0, 0.1) is 5.82 Å². The Kier molecular flexibility index (Phi) is 6.71. The Morgan fingerprint density at radius 1 is 0.969 bits per heavy atom. The zero-order chi connectivity index (χ0) is 22.6. The highest BCUT2D eigenvalue weighted by atomic mass is 19.1. The molecule has 3 aromatic rings. The largest absolute Gasteiger partial charge is 0.396 e. The second kappa shape index (κ2) is 9.66. The number of benzene rings is 3. The molecule has 4 heteroatoms. The van der Waals surface area contributed by atoms with E-state index in [1.54, 1.807) is 12.1 Å². The fraction of sp³-hybridized carbons (Fsp3) is 0.321. The SMILES string of the molecule is C[C@@H](c1ccc(-c2ccc(F)cc2)cc1)N1CCC(CCCO)(c2ccccc2)CC1=O. The average Bonchev–Trinajstić information content (AvgIpc) is 2.83. The van der Waals surface area contributed by atoms with Crippen LogP contribution in [0.4, 0.5) is 4.39 Å². The normalized spacial score (nSPS) is 19.7. The molecule has 1 aliphatic rings. The third kappa shape index (κ3) is 4.61. The van der Waals surface area contributed by atoms with Crippen molar-refractivity contribution in [3.63, 3.8) is 0 Å². The zero-order valence-corrected chi connectivity index (χ0v) is 18.5. The number of aliphatic hydroxyl groups excluding tert-OH is 1. The molecule has 4 rings (SSSR count). The minimum absolute atomic E-state index is 0.0172. The molecular formula is C28H30FNO2. The standard InChI is InChI=1S/C28H30FNO2/c1-21(22-8-10-23(11-9-22)24-12-14-26(29)15-13-24)30-18-17-28(16-5-19-31,20-27(30)32)25-6-3-2-4-7-25/h2-4,6-15,21,31H,5,16-20H2,1H3/t21-,28?/m0/s1. The predicted molar refractivity (Wildman–Crippen MR) is 126 cm³/mol. The lowest BCUT2D eigenvalue weighted by Crippen LogP contribution is -2.47. The number of likely N-dealkylation sites (tertiary alicyclic amines) is 1. The van der Waals surface area contributed by atoms with E-state index < -0.39 is 0 Å². The first kappa shape index (κ1) is 22.2. The molecule has 0 saturated carbocycles. The Labute approximate surface area is 189 Å². The van der Waals surface area contributed by atoms with Gasteiger partial charge in [0.05, 0.1) is 6.04 Å². The topological polar surface area (TPSA) is 40.5 Å². The summed E-state index contributed by atoms with van der Waals surface area (Å²) in [5.74, 6) is -0.0821. The lowest BCUT2D eigenvalue weighted by molar-refractivity contribution is -0.138. The van der Waals surface area contributed by atoms with Crippen molar-refractivity contribution >= 4 is 5.91 Å². The minimum atomic E-state index is -0.242. The first-order valence-corrected chi connectivity index (χ1v) is 11.3. The maximum Gasteiger partial charge on any atom is 0.223 e. The van der Waals surface area contributed by atoms with Gasteiger partial charge in [0.25, 0.3) is 0 Å². The smallest absolute Gasteiger partial charge is 0.223 e. The minimum Gasteiger partial charge on any atom is -0.396 e. The second-order valence-corrected chi connectivity index (χ2v) is 8.79. The summed E-state index contributed by atoms with van der Waals surface area (Å²) in [5, 5.41) is 9.42. The maximum atomic E-state index is 13.3. The highest BCUT2D eigenvalue weighted by Crippen LogP contribution is 2.42. The first-order chi connectivity index (χ1) is 15.5. The summed E-state index contributed by atoms with van der Waals surface area (Å²) >= 11 is 0. The number of piperidine rings is 1. The van der Waals surface area contributed by atoms with E-state index in [-0.39, 0.29) is 29.8 Å². The Bertz CT molecular complexity index is 1030. The van der Waals surface area contributed by atoms with Crippen LogP contribution in [0.3, 0.4) is 0 Å². The Hall–Kier alpha value is -2.98. The molecule has 1 fully saturated rings. The number of aliphatic hydroxyl groups is 1. The molecule has 0 radical (unpaired) electrons. The third-order valence-electron chi connectivity index (χ3n) is 6.88. The molecule has 3 aromatic carbocycles. The van der Waals surface area contributed by atoms with Crippen molar-refractivity contribution in [2.75, 3.05) is 13.2 Å². The Morgan fingerprint density at radius 3 is 2.19 bits per heavy atom. The van der Waals surface area contributed by atoms with Gasteiger partial charge in [0, 0.05) is 25.0 Å². The molecule has 1 unspecified atom stereocenters. The molecule has 1 aliphatic heterocycles. The first-order valence-electron chi connectivity index (χ1n) is 11.3. The summed E-state index contributed by atoms with van der Waals surface area (Å²) in [6, 6.07) is 24.9. The van der Waals surface area contributed by atoms with Gasteiger partial charge in [0.2, 0.25) is 5.91 Å². The number of carbonyl (C=O) groups excluding carboxylic acids is 1. The van der Waals surface area contributed by atoms with Gasteiger partial charge in [-0.25, -0.2) is 4.39 Å². The number of carbonyl (C=O) groups is 1. The van der Waals surface area contributed by atoms with E-state index in [1.165, 1.54) is 17.7 Å². The van der Waals surface area contributed by atoms with Crippen molar-refractivity contribution in [3.8, 4) is 11.1 Å². The van der Waals surface area contributed by atoms with Crippen LogP contribution in [-0.4, -0.2) is 29.1 Å². The molecule has 32 heavy (non-hydrogen) atoms. The van der Waals surface area contributed by atoms with Crippen LogP contribution in [-0.2, 0) is 10.2 Å². The van der Waals surface area contributed by atoms with Crippen LogP contribution < -0.4 is 0 Å². The molecule has 1 saturated heterocycles. The molecular weight excluding hydrogens is 401 g/mol. The molecule has 1 heterocycles. The highest BCUT2D eigenvalue weighted by Gasteiger charge is 2.41. The van der Waals surface area contributed by atoms with Crippen molar-refractivity contribution in [2.45, 2.75) is 44.1 Å². The number of hydrogen-bond donors (Lipinski definition) is 1. The van der Waals surface area contributed by atoms with Gasteiger partial charge in [-0.15, -0.1) is 0 Å². The van der Waals surface area contributed by atoms with Gasteiger partial charge < -0.3 is 10.0 Å². The summed E-state index contributed by atoms with van der Waals surface area (Å²) in [6.45, 7) is 2.91. The van der Waals surface area contributed by atoms with Gasteiger partial charge in [-0.05, 0) is 60.6 Å². The summed E-state index contributed by atoms with van der Waals surface area (Å²) in [4.78, 5) is 15.3. The quantitative estimate of drug-likeness (QED) is 0.507. The molecule has 1 N–H and O–H groups in total. The maximum absolute atomic E-state index is 13.3. The summed E-state index contributed by atoms with van der Waals surface area (Å²) < 4.78 is 13.2. The monoisotopic (exact) mass is 431 g/mol. The Morgan fingerprint density at radius 2 is 1.59 bits per heavy atom. The molecule has 166 valence electrons. The number of halogens is 1. The van der Waals surface area contributed by atoms with E-state index in [2.05, 4.69) is 31.2 Å². The van der Waals surface area contributed by atoms with E-state index >= 15 is 0 Å². The average molecular weight is 432 g/mol. The van der Waals surface area contributed by atoms with Crippen LogP contribution in [0.5, 0.6) is 0 Å². The van der Waals surface area contributed by atoms with Gasteiger partial charge in [-0.3, -0.25) is 4.79 Å². The van der Waals surface area contributed by atoms with Crippen LogP contribution in [0.15, 0.2) is 78.9 Å². The third-order valence-corrected chi connectivity index (χ3v) is 6.88. The predicted octanol–water partition coefficient (Wildman–Crippen LogP) is 5.89. The molecule has 0 bridgehead atoms. The molecule has 1 amide bonds. The molecule has 0 aromatic heterocycles. The Balaban J connectivity index is 1.50. The van der Waals surface area contributed by atoms with E-state index in [1.807, 2.05) is 35.2 Å². The molecule has 0 aliphatic carbocycles. The van der Waals surface area contributed by atoms with Crippen molar-refractivity contribution in [1.29, 1.82) is 0 Å². The van der Waals surface area contributed by atoms with Gasteiger partial charge in [0.1, 0.15) is 5.82 Å². The second-order valence-electron chi connectivity index (χ2n) is 8.79. The summed E-state index contributed by atoms with van der Waals surface area (Å²) in [7, 11) is 0. The molecule has 0 spiro atoms. The summed E-state index contributed by atoms with van der Waals surface area (Å²) in [6.07, 6.45) is 2.87.